The van der Waals surface area contributed by atoms with E-state index >= 15 is 0 Å². The second-order valence-electron chi connectivity index (χ2n) is 2.12. The summed E-state index contributed by atoms with van der Waals surface area (Å²) in [6.07, 6.45) is 1.50. The lowest BCUT2D eigenvalue weighted by atomic mass is 10.5. The Balaban J connectivity index is 0. The molecule has 14 heavy (non-hydrogen) atoms. The number of hydrogen-bond acceptors (Lipinski definition) is 5. The highest BCUT2D eigenvalue weighted by Crippen LogP contribution is 1.64. The van der Waals surface area contributed by atoms with Crippen molar-refractivity contribution in [2.24, 2.45) is 5.73 Å². The van der Waals surface area contributed by atoms with Crippen molar-refractivity contribution in [1.82, 2.24) is 10.6 Å². The molecular weight excluding hydrogens is 186 g/mol. The molecule has 0 unspecified atom stereocenters. The molecule has 0 radical (unpaired) electrons. The topological polar surface area (TPSA) is 101 Å². The van der Waals surface area contributed by atoms with Gasteiger partial charge >= 0.3 is 6.15 Å². The van der Waals surface area contributed by atoms with Gasteiger partial charge in [-0.1, -0.05) is 6.58 Å². The highest BCUT2D eigenvalue weighted by atomic mass is 16.2. The molecule has 0 saturated carbocycles. The van der Waals surface area contributed by atoms with E-state index < -0.39 is 0 Å². The van der Waals surface area contributed by atoms with Crippen LogP contribution in [-0.2, 0) is 14.4 Å². The maximum Gasteiger partial charge on any atom is 0.373 e. The number of rotatable bonds is 6. The minimum Gasteiger partial charge on any atom is -0.351 e. The van der Waals surface area contributed by atoms with Crippen LogP contribution in [0.4, 0.5) is 0 Å². The third-order valence-corrected chi connectivity index (χ3v) is 1.11. The van der Waals surface area contributed by atoms with Crippen molar-refractivity contribution in [2.45, 2.75) is 0 Å². The van der Waals surface area contributed by atoms with Gasteiger partial charge in [0.05, 0.1) is 0 Å². The first-order valence-electron chi connectivity index (χ1n) is 4.03. The molecule has 1 amide bonds. The van der Waals surface area contributed by atoms with Gasteiger partial charge in [0.15, 0.2) is 0 Å². The van der Waals surface area contributed by atoms with E-state index in [9.17, 15) is 4.79 Å². The predicted molar refractivity (Wildman–Crippen MR) is 50.1 cm³/mol. The molecule has 6 nitrogen and oxygen atoms in total. The van der Waals surface area contributed by atoms with Gasteiger partial charge in [-0.3, -0.25) is 4.79 Å². The second-order valence-corrected chi connectivity index (χ2v) is 2.12. The van der Waals surface area contributed by atoms with E-state index in [-0.39, 0.29) is 12.1 Å². The minimum atomic E-state index is -0.139. The SMILES string of the molecule is C=CC(=O)NCCNCCN.O=C=O. The summed E-state index contributed by atoms with van der Waals surface area (Å²) in [6.45, 7) is 6.09. The van der Waals surface area contributed by atoms with Crippen LogP contribution in [0.5, 0.6) is 0 Å². The van der Waals surface area contributed by atoms with E-state index in [0.717, 1.165) is 13.1 Å². The lowest BCUT2D eigenvalue weighted by Gasteiger charge is -2.02. The van der Waals surface area contributed by atoms with Crippen LogP contribution in [0, 0.1) is 0 Å². The van der Waals surface area contributed by atoms with E-state index in [4.69, 9.17) is 15.3 Å². The Bertz CT molecular complexity index is 188. The zero-order chi connectivity index (χ0) is 11.2. The summed E-state index contributed by atoms with van der Waals surface area (Å²) in [6, 6.07) is 0. The predicted octanol–water partition coefficient (Wildman–Crippen LogP) is -1.75. The van der Waals surface area contributed by atoms with Gasteiger partial charge in [-0.25, -0.2) is 0 Å². The van der Waals surface area contributed by atoms with Gasteiger partial charge in [0.2, 0.25) is 5.91 Å². The van der Waals surface area contributed by atoms with Crippen molar-refractivity contribution in [3.63, 3.8) is 0 Å². The molecule has 6 heteroatoms. The van der Waals surface area contributed by atoms with Gasteiger partial charge in [-0.05, 0) is 6.08 Å². The quantitative estimate of drug-likeness (QED) is 0.349. The smallest absolute Gasteiger partial charge is 0.351 e. The molecule has 0 spiro atoms. The summed E-state index contributed by atoms with van der Waals surface area (Å²) in [4.78, 5) is 26.8. The molecule has 80 valence electrons. The normalized spacial score (nSPS) is 7.79. The number of carbonyl (C=O) groups is 1. The summed E-state index contributed by atoms with van der Waals surface area (Å²) >= 11 is 0. The molecule has 0 fully saturated rings. The Labute approximate surface area is 82.5 Å². The number of carbonyl (C=O) groups excluding carboxylic acids is 3. The maximum absolute atomic E-state index is 10.6. The maximum atomic E-state index is 10.6. The van der Waals surface area contributed by atoms with E-state index in [2.05, 4.69) is 17.2 Å². The summed E-state index contributed by atoms with van der Waals surface area (Å²) in [5.41, 5.74) is 5.23. The van der Waals surface area contributed by atoms with Crippen LogP contribution in [0.1, 0.15) is 0 Å². The molecule has 0 aliphatic carbocycles. The Morgan fingerprint density at radius 1 is 1.36 bits per heavy atom. The van der Waals surface area contributed by atoms with Crippen molar-refractivity contribution < 1.29 is 14.4 Å². The van der Waals surface area contributed by atoms with Crippen molar-refractivity contribution in [2.75, 3.05) is 26.2 Å². The zero-order valence-electron chi connectivity index (χ0n) is 7.91. The number of nitrogens with one attached hydrogen (secondary N) is 2. The molecular formula is C8H15N3O3. The van der Waals surface area contributed by atoms with Crippen LogP contribution < -0.4 is 16.4 Å². The van der Waals surface area contributed by atoms with Gasteiger partial charge in [-0.15, -0.1) is 0 Å². The fraction of sp³-hybridized carbons (Fsp3) is 0.500. The van der Waals surface area contributed by atoms with Crippen LogP contribution in [0.2, 0.25) is 0 Å². The molecule has 0 aromatic rings. The molecule has 0 aliphatic rings. The largest absolute Gasteiger partial charge is 0.373 e. The zero-order valence-corrected chi connectivity index (χ0v) is 7.91. The lowest BCUT2D eigenvalue weighted by molar-refractivity contribution is -0.191. The third-order valence-electron chi connectivity index (χ3n) is 1.11. The third kappa shape index (κ3) is 16.9. The molecule has 0 heterocycles. The molecule has 0 aliphatic heterocycles. The van der Waals surface area contributed by atoms with E-state index in [1.807, 2.05) is 0 Å². The molecule has 0 aromatic carbocycles. The van der Waals surface area contributed by atoms with Crippen molar-refractivity contribution in [1.29, 1.82) is 0 Å². The lowest BCUT2D eigenvalue weighted by Crippen LogP contribution is -2.32. The number of nitrogens with two attached hydrogens (primary N) is 1. The first-order valence-corrected chi connectivity index (χ1v) is 4.03. The van der Waals surface area contributed by atoms with Crippen molar-refractivity contribution >= 4 is 12.1 Å². The monoisotopic (exact) mass is 201 g/mol. The Morgan fingerprint density at radius 2 is 1.93 bits per heavy atom. The van der Waals surface area contributed by atoms with Gasteiger partial charge in [0.1, 0.15) is 0 Å². The Kier molecular flexibility index (Phi) is 15.1. The average Bonchev–Trinajstić information content (AvgIpc) is 2.18. The molecule has 0 rings (SSSR count). The van der Waals surface area contributed by atoms with E-state index in [1.54, 1.807) is 0 Å². The Hall–Kier alpha value is -1.49. The van der Waals surface area contributed by atoms with Gasteiger partial charge in [0, 0.05) is 26.2 Å². The molecule has 0 bridgehead atoms. The van der Waals surface area contributed by atoms with Crippen LogP contribution in [-0.4, -0.2) is 38.2 Å². The first kappa shape index (κ1) is 15.0. The Morgan fingerprint density at radius 3 is 2.36 bits per heavy atom. The van der Waals surface area contributed by atoms with Crippen LogP contribution >= 0.6 is 0 Å². The second kappa shape index (κ2) is 14.1. The van der Waals surface area contributed by atoms with Gasteiger partial charge in [-0.2, -0.15) is 9.59 Å². The van der Waals surface area contributed by atoms with Crippen LogP contribution in [0.15, 0.2) is 12.7 Å². The van der Waals surface area contributed by atoms with E-state index in [1.165, 1.54) is 6.08 Å². The summed E-state index contributed by atoms with van der Waals surface area (Å²) in [5.74, 6) is -0.139. The first-order chi connectivity index (χ1) is 6.72. The fourth-order valence-corrected chi connectivity index (χ4v) is 0.573. The highest BCUT2D eigenvalue weighted by molar-refractivity contribution is 5.86. The van der Waals surface area contributed by atoms with E-state index in [0.29, 0.717) is 13.1 Å². The summed E-state index contributed by atoms with van der Waals surface area (Å²) in [7, 11) is 0. The molecule has 0 atom stereocenters. The van der Waals surface area contributed by atoms with Crippen molar-refractivity contribution in [3.05, 3.63) is 12.7 Å². The average molecular weight is 201 g/mol. The summed E-state index contributed by atoms with van der Waals surface area (Å²) in [5, 5.41) is 5.67. The standard InChI is InChI=1S/C7H15N3O.CO2/c1-2-7(11)10-6-5-9-4-3-8;2-1-3/h2,9H,1,3-6,8H2,(H,10,11);. The van der Waals surface area contributed by atoms with Crippen LogP contribution in [0.3, 0.4) is 0 Å². The molecule has 4 N–H and O–H groups in total. The minimum absolute atomic E-state index is 0.139. The molecule has 0 saturated heterocycles. The van der Waals surface area contributed by atoms with Crippen molar-refractivity contribution in [3.8, 4) is 0 Å². The summed E-state index contributed by atoms with van der Waals surface area (Å²) < 4.78 is 0. The van der Waals surface area contributed by atoms with Gasteiger partial charge in [0.25, 0.3) is 0 Å². The van der Waals surface area contributed by atoms with Crippen LogP contribution in [0.25, 0.3) is 0 Å². The highest BCUT2D eigenvalue weighted by Gasteiger charge is 1.90. The number of amides is 1. The number of hydrogen-bond donors (Lipinski definition) is 3. The fourth-order valence-electron chi connectivity index (χ4n) is 0.573. The molecule has 0 aromatic heterocycles. The van der Waals surface area contributed by atoms with Gasteiger partial charge < -0.3 is 16.4 Å².